The predicted molar refractivity (Wildman–Crippen MR) is 66.7 cm³/mol. The number of piperidine rings is 1. The van der Waals surface area contributed by atoms with Gasteiger partial charge >= 0.3 is 0 Å². The van der Waals surface area contributed by atoms with Gasteiger partial charge in [0.25, 0.3) is 0 Å². The van der Waals surface area contributed by atoms with Gasteiger partial charge in [-0.25, -0.2) is 0 Å². The van der Waals surface area contributed by atoms with Gasteiger partial charge in [0, 0.05) is 25.7 Å². The van der Waals surface area contributed by atoms with Crippen LogP contribution in [-0.4, -0.2) is 59.6 Å². The second-order valence-electron chi connectivity index (χ2n) is 5.49. The van der Waals surface area contributed by atoms with Gasteiger partial charge in [-0.05, 0) is 31.6 Å². The molecule has 4 nitrogen and oxygen atoms in total. The summed E-state index contributed by atoms with van der Waals surface area (Å²) in [4.78, 5) is 16.3. The summed E-state index contributed by atoms with van der Waals surface area (Å²) in [5.41, 5.74) is 0. The van der Waals surface area contributed by atoms with E-state index in [2.05, 4.69) is 11.8 Å². The highest BCUT2D eigenvalue weighted by Gasteiger charge is 2.31. The van der Waals surface area contributed by atoms with Gasteiger partial charge in [0.05, 0.1) is 13.2 Å². The minimum absolute atomic E-state index is 0.154. The maximum atomic E-state index is 12.1. The minimum Gasteiger partial charge on any atom is -0.395 e. The molecule has 1 aliphatic carbocycles. The van der Waals surface area contributed by atoms with Crippen LogP contribution in [-0.2, 0) is 4.79 Å². The SMILES string of the molecule is CC1CCN(C(=O)CN(CCO)C2CC2)CC1. The molecule has 0 aromatic carbocycles. The Labute approximate surface area is 104 Å². The number of aliphatic hydroxyl groups is 1. The standard InChI is InChI=1S/C13H24N2O2/c1-11-4-6-14(7-5-11)13(17)10-15(8-9-16)12-2-3-12/h11-12,16H,2-10H2,1H3. The number of carbonyl (C=O) groups is 1. The van der Waals surface area contributed by atoms with Crippen LogP contribution in [0.15, 0.2) is 0 Å². The number of hydrogen-bond acceptors (Lipinski definition) is 3. The number of amides is 1. The van der Waals surface area contributed by atoms with E-state index in [9.17, 15) is 4.79 Å². The summed E-state index contributed by atoms with van der Waals surface area (Å²) >= 11 is 0. The maximum Gasteiger partial charge on any atom is 0.236 e. The molecular formula is C13H24N2O2. The second kappa shape index (κ2) is 5.83. The summed E-state index contributed by atoms with van der Waals surface area (Å²) in [6.07, 6.45) is 4.64. The van der Waals surface area contributed by atoms with Gasteiger partial charge in [0.1, 0.15) is 0 Å². The fourth-order valence-electron chi connectivity index (χ4n) is 2.49. The first-order valence-corrected chi connectivity index (χ1v) is 6.83. The first kappa shape index (κ1) is 12.8. The average molecular weight is 240 g/mol. The van der Waals surface area contributed by atoms with E-state index in [4.69, 9.17) is 5.11 Å². The van der Waals surface area contributed by atoms with Crippen LogP contribution in [0.5, 0.6) is 0 Å². The molecule has 0 unspecified atom stereocenters. The highest BCUT2D eigenvalue weighted by molar-refractivity contribution is 5.78. The smallest absolute Gasteiger partial charge is 0.236 e. The van der Waals surface area contributed by atoms with E-state index >= 15 is 0 Å². The average Bonchev–Trinajstić information content (AvgIpc) is 3.13. The van der Waals surface area contributed by atoms with E-state index < -0.39 is 0 Å². The molecule has 17 heavy (non-hydrogen) atoms. The number of likely N-dealkylation sites (tertiary alicyclic amines) is 1. The lowest BCUT2D eigenvalue weighted by atomic mass is 9.99. The van der Waals surface area contributed by atoms with Crippen molar-refractivity contribution >= 4 is 5.91 Å². The van der Waals surface area contributed by atoms with Crippen molar-refractivity contribution in [1.29, 1.82) is 0 Å². The molecule has 0 atom stereocenters. The van der Waals surface area contributed by atoms with E-state index in [1.165, 1.54) is 12.8 Å². The van der Waals surface area contributed by atoms with Crippen LogP contribution in [0, 0.1) is 5.92 Å². The summed E-state index contributed by atoms with van der Waals surface area (Å²) in [6, 6.07) is 0.551. The van der Waals surface area contributed by atoms with E-state index in [1.54, 1.807) is 0 Å². The van der Waals surface area contributed by atoms with Gasteiger partial charge in [-0.3, -0.25) is 9.69 Å². The van der Waals surface area contributed by atoms with Gasteiger partial charge in [-0.2, -0.15) is 0 Å². The third kappa shape index (κ3) is 3.68. The van der Waals surface area contributed by atoms with Crippen molar-refractivity contribution in [2.45, 2.75) is 38.6 Å². The molecule has 1 aliphatic heterocycles. The zero-order valence-corrected chi connectivity index (χ0v) is 10.8. The van der Waals surface area contributed by atoms with Crippen LogP contribution in [0.25, 0.3) is 0 Å². The Hall–Kier alpha value is -0.610. The molecule has 0 aromatic heterocycles. The normalized spacial score (nSPS) is 22.2. The third-order valence-corrected chi connectivity index (χ3v) is 3.93. The Morgan fingerprint density at radius 3 is 2.47 bits per heavy atom. The fourth-order valence-corrected chi connectivity index (χ4v) is 2.49. The van der Waals surface area contributed by atoms with E-state index in [1.807, 2.05) is 4.90 Å². The first-order valence-electron chi connectivity index (χ1n) is 6.83. The van der Waals surface area contributed by atoms with Crippen LogP contribution < -0.4 is 0 Å². The zero-order valence-electron chi connectivity index (χ0n) is 10.8. The highest BCUT2D eigenvalue weighted by Crippen LogP contribution is 2.26. The molecule has 4 heteroatoms. The lowest BCUT2D eigenvalue weighted by molar-refractivity contribution is -0.134. The van der Waals surface area contributed by atoms with Crippen molar-refractivity contribution in [2.24, 2.45) is 5.92 Å². The maximum absolute atomic E-state index is 12.1. The molecule has 0 bridgehead atoms. The summed E-state index contributed by atoms with van der Waals surface area (Å²) in [5, 5.41) is 9.00. The lowest BCUT2D eigenvalue weighted by Gasteiger charge is -2.32. The molecule has 2 aliphatic rings. The molecular weight excluding hydrogens is 216 g/mol. The number of hydrogen-bond donors (Lipinski definition) is 1. The molecule has 1 heterocycles. The summed E-state index contributed by atoms with van der Waals surface area (Å²) in [6.45, 7) is 5.38. The Kier molecular flexibility index (Phi) is 4.40. The molecule has 1 saturated carbocycles. The van der Waals surface area contributed by atoms with E-state index in [0.717, 1.165) is 31.8 Å². The number of aliphatic hydroxyl groups excluding tert-OH is 1. The fraction of sp³-hybridized carbons (Fsp3) is 0.923. The second-order valence-corrected chi connectivity index (χ2v) is 5.49. The Morgan fingerprint density at radius 2 is 1.94 bits per heavy atom. The molecule has 1 saturated heterocycles. The quantitative estimate of drug-likeness (QED) is 0.769. The largest absolute Gasteiger partial charge is 0.395 e. The molecule has 98 valence electrons. The molecule has 1 amide bonds. The number of rotatable bonds is 5. The van der Waals surface area contributed by atoms with Crippen LogP contribution >= 0.6 is 0 Å². The van der Waals surface area contributed by atoms with Crippen molar-refractivity contribution < 1.29 is 9.90 Å². The van der Waals surface area contributed by atoms with Crippen molar-refractivity contribution in [3.63, 3.8) is 0 Å². The number of carbonyl (C=O) groups excluding carboxylic acids is 1. The van der Waals surface area contributed by atoms with E-state index in [-0.39, 0.29) is 12.5 Å². The van der Waals surface area contributed by atoms with Gasteiger partial charge in [0.15, 0.2) is 0 Å². The van der Waals surface area contributed by atoms with Gasteiger partial charge in [-0.1, -0.05) is 6.92 Å². The highest BCUT2D eigenvalue weighted by atomic mass is 16.3. The summed E-state index contributed by atoms with van der Waals surface area (Å²) < 4.78 is 0. The van der Waals surface area contributed by atoms with Crippen LogP contribution in [0.1, 0.15) is 32.6 Å². The Morgan fingerprint density at radius 1 is 1.29 bits per heavy atom. The monoisotopic (exact) mass is 240 g/mol. The lowest BCUT2D eigenvalue weighted by Crippen LogP contribution is -2.45. The predicted octanol–water partition coefficient (Wildman–Crippen LogP) is 0.702. The van der Waals surface area contributed by atoms with Crippen LogP contribution in [0.4, 0.5) is 0 Å². The van der Waals surface area contributed by atoms with Crippen molar-refractivity contribution in [2.75, 3.05) is 32.8 Å². The third-order valence-electron chi connectivity index (χ3n) is 3.93. The van der Waals surface area contributed by atoms with Crippen molar-refractivity contribution in [3.8, 4) is 0 Å². The molecule has 0 spiro atoms. The van der Waals surface area contributed by atoms with Crippen LogP contribution in [0.2, 0.25) is 0 Å². The van der Waals surface area contributed by atoms with E-state index in [0.29, 0.717) is 19.1 Å². The molecule has 2 fully saturated rings. The van der Waals surface area contributed by atoms with Crippen molar-refractivity contribution in [1.82, 2.24) is 9.80 Å². The Bertz CT molecular complexity index is 258. The molecule has 0 radical (unpaired) electrons. The van der Waals surface area contributed by atoms with Gasteiger partial charge in [0.2, 0.25) is 5.91 Å². The van der Waals surface area contributed by atoms with Crippen molar-refractivity contribution in [3.05, 3.63) is 0 Å². The molecule has 2 rings (SSSR count). The molecule has 1 N–H and O–H groups in total. The topological polar surface area (TPSA) is 43.8 Å². The summed E-state index contributed by atoms with van der Waals surface area (Å²) in [5.74, 6) is 1.01. The minimum atomic E-state index is 0.154. The zero-order chi connectivity index (χ0) is 12.3. The summed E-state index contributed by atoms with van der Waals surface area (Å²) in [7, 11) is 0. The van der Waals surface area contributed by atoms with Gasteiger partial charge in [-0.15, -0.1) is 0 Å². The molecule has 0 aromatic rings. The Balaban J connectivity index is 1.78. The van der Waals surface area contributed by atoms with Crippen LogP contribution in [0.3, 0.4) is 0 Å². The first-order chi connectivity index (χ1) is 8.20. The number of nitrogens with zero attached hydrogens (tertiary/aromatic N) is 2. The van der Waals surface area contributed by atoms with Gasteiger partial charge < -0.3 is 10.0 Å².